The summed E-state index contributed by atoms with van der Waals surface area (Å²) < 4.78 is 0. The molecule has 0 aromatic carbocycles. The zero-order valence-electron chi connectivity index (χ0n) is 10.6. The molecule has 13 heavy (non-hydrogen) atoms. The fourth-order valence-electron chi connectivity index (χ4n) is 1.67. The summed E-state index contributed by atoms with van der Waals surface area (Å²) in [5.74, 6) is 1.26. The Balaban J connectivity index is 4.20. The van der Waals surface area contributed by atoms with Gasteiger partial charge in [0.05, 0.1) is 0 Å². The molecule has 0 aromatic rings. The summed E-state index contributed by atoms with van der Waals surface area (Å²) in [5.41, 5.74) is 0.795. The highest BCUT2D eigenvalue weighted by atomic mass is 14.3. The first-order chi connectivity index (χ1) is 5.54. The van der Waals surface area contributed by atoms with Gasteiger partial charge in [0.15, 0.2) is 0 Å². The smallest absolute Gasteiger partial charge is 0.0354 e. The first kappa shape index (κ1) is 13.0. The van der Waals surface area contributed by atoms with Crippen molar-refractivity contribution in [3.63, 3.8) is 0 Å². The standard InChI is InChI=1S/C13H27/c1-10(9-12(3,4)5)11(2)13(6,7)8/h10-11H,1,9H2,2-8H3. The molecule has 2 unspecified atom stereocenters. The predicted octanol–water partition coefficient (Wildman–Crippen LogP) is 4.56. The maximum absolute atomic E-state index is 4.29. The lowest BCUT2D eigenvalue weighted by molar-refractivity contribution is 0.163. The van der Waals surface area contributed by atoms with Crippen molar-refractivity contribution in [2.45, 2.75) is 54.9 Å². The van der Waals surface area contributed by atoms with Crippen molar-refractivity contribution < 1.29 is 0 Å². The van der Waals surface area contributed by atoms with Gasteiger partial charge in [-0.2, -0.15) is 0 Å². The van der Waals surface area contributed by atoms with Gasteiger partial charge in [-0.1, -0.05) is 48.5 Å². The van der Waals surface area contributed by atoms with E-state index in [0.717, 1.165) is 0 Å². The first-order valence-electron chi connectivity index (χ1n) is 5.37. The van der Waals surface area contributed by atoms with E-state index in [1.165, 1.54) is 6.42 Å². The largest absolute Gasteiger partial charge is 0.0617 e. The first-order valence-corrected chi connectivity index (χ1v) is 5.37. The highest BCUT2D eigenvalue weighted by Gasteiger charge is 2.28. The van der Waals surface area contributed by atoms with Gasteiger partial charge in [0.2, 0.25) is 0 Å². The van der Waals surface area contributed by atoms with E-state index in [1.54, 1.807) is 0 Å². The Kier molecular flexibility index (Phi) is 4.02. The Morgan fingerprint density at radius 1 is 1.00 bits per heavy atom. The average Bonchev–Trinajstić information content (AvgIpc) is 1.79. The van der Waals surface area contributed by atoms with Gasteiger partial charge in [0.25, 0.3) is 0 Å². The van der Waals surface area contributed by atoms with Crippen LogP contribution in [-0.2, 0) is 0 Å². The lowest BCUT2D eigenvalue weighted by Gasteiger charge is -2.35. The van der Waals surface area contributed by atoms with Crippen molar-refractivity contribution in [1.82, 2.24) is 0 Å². The van der Waals surface area contributed by atoms with Crippen molar-refractivity contribution in [2.24, 2.45) is 22.7 Å². The number of hydrogen-bond donors (Lipinski definition) is 0. The van der Waals surface area contributed by atoms with Crippen LogP contribution in [0.4, 0.5) is 0 Å². The Morgan fingerprint density at radius 2 is 1.38 bits per heavy atom. The maximum atomic E-state index is 4.29. The molecule has 0 bridgehead atoms. The number of hydrogen-bond acceptors (Lipinski definition) is 0. The molecule has 0 N–H and O–H groups in total. The van der Waals surface area contributed by atoms with Crippen molar-refractivity contribution >= 4 is 0 Å². The quantitative estimate of drug-likeness (QED) is 0.589. The second-order valence-electron chi connectivity index (χ2n) is 6.68. The van der Waals surface area contributed by atoms with Gasteiger partial charge in [0, 0.05) is 0 Å². The summed E-state index contributed by atoms with van der Waals surface area (Å²) in [6, 6.07) is 0. The summed E-state index contributed by atoms with van der Waals surface area (Å²) in [6.07, 6.45) is 1.21. The van der Waals surface area contributed by atoms with Crippen molar-refractivity contribution in [3.05, 3.63) is 6.92 Å². The molecule has 0 fully saturated rings. The summed E-state index contributed by atoms with van der Waals surface area (Å²) in [5, 5.41) is 0. The minimum absolute atomic E-state index is 0.387. The van der Waals surface area contributed by atoms with Crippen molar-refractivity contribution in [2.75, 3.05) is 0 Å². The highest BCUT2D eigenvalue weighted by Crippen LogP contribution is 2.37. The molecule has 0 rings (SSSR count). The van der Waals surface area contributed by atoms with Crippen LogP contribution in [0.25, 0.3) is 0 Å². The Hall–Kier alpha value is 0. The predicted molar refractivity (Wildman–Crippen MR) is 61.5 cm³/mol. The molecular weight excluding hydrogens is 156 g/mol. The van der Waals surface area contributed by atoms with Crippen LogP contribution in [0.3, 0.4) is 0 Å². The van der Waals surface area contributed by atoms with E-state index in [4.69, 9.17) is 0 Å². The molecule has 0 heterocycles. The van der Waals surface area contributed by atoms with Crippen LogP contribution in [0.1, 0.15) is 54.9 Å². The lowest BCUT2D eigenvalue weighted by Crippen LogP contribution is -2.27. The van der Waals surface area contributed by atoms with E-state index in [9.17, 15) is 0 Å². The van der Waals surface area contributed by atoms with Crippen LogP contribution in [0.5, 0.6) is 0 Å². The molecule has 0 spiro atoms. The summed E-state index contributed by atoms with van der Waals surface area (Å²) in [6.45, 7) is 20.4. The molecule has 79 valence electrons. The monoisotopic (exact) mass is 183 g/mol. The molecule has 0 heteroatoms. The zero-order chi connectivity index (χ0) is 10.9. The minimum atomic E-state index is 0.387. The van der Waals surface area contributed by atoms with Crippen molar-refractivity contribution in [3.8, 4) is 0 Å². The van der Waals surface area contributed by atoms with Crippen LogP contribution in [0.15, 0.2) is 0 Å². The van der Waals surface area contributed by atoms with Gasteiger partial charge in [-0.3, -0.25) is 0 Å². The average molecular weight is 183 g/mol. The van der Waals surface area contributed by atoms with Gasteiger partial charge >= 0.3 is 0 Å². The van der Waals surface area contributed by atoms with Gasteiger partial charge in [-0.25, -0.2) is 0 Å². The topological polar surface area (TPSA) is 0 Å². The third kappa shape index (κ3) is 5.33. The van der Waals surface area contributed by atoms with Crippen LogP contribution in [0.2, 0.25) is 0 Å². The second kappa shape index (κ2) is 4.02. The van der Waals surface area contributed by atoms with Gasteiger partial charge in [-0.05, 0) is 36.0 Å². The lowest BCUT2D eigenvalue weighted by atomic mass is 9.70. The van der Waals surface area contributed by atoms with E-state index in [2.05, 4.69) is 55.4 Å². The molecular formula is C13H27. The second-order valence-corrected chi connectivity index (χ2v) is 6.68. The summed E-state index contributed by atoms with van der Waals surface area (Å²) in [7, 11) is 0. The SMILES string of the molecule is [CH2]C(CC(C)(C)C)C(C)C(C)(C)C. The third-order valence-electron chi connectivity index (χ3n) is 2.95. The van der Waals surface area contributed by atoms with Crippen LogP contribution >= 0.6 is 0 Å². The fraction of sp³-hybridized carbons (Fsp3) is 0.923. The van der Waals surface area contributed by atoms with Crippen LogP contribution < -0.4 is 0 Å². The summed E-state index contributed by atoms with van der Waals surface area (Å²) >= 11 is 0. The Labute approximate surface area is 85.1 Å². The highest BCUT2D eigenvalue weighted by molar-refractivity contribution is 4.81. The van der Waals surface area contributed by atoms with E-state index in [0.29, 0.717) is 22.7 Å². The maximum Gasteiger partial charge on any atom is -0.0354 e. The number of rotatable bonds is 2. The Bertz CT molecular complexity index is 142. The minimum Gasteiger partial charge on any atom is -0.0617 e. The normalized spacial score (nSPS) is 18.5. The van der Waals surface area contributed by atoms with E-state index < -0.39 is 0 Å². The zero-order valence-corrected chi connectivity index (χ0v) is 10.6. The third-order valence-corrected chi connectivity index (χ3v) is 2.95. The molecule has 0 amide bonds. The molecule has 0 saturated carbocycles. The van der Waals surface area contributed by atoms with E-state index >= 15 is 0 Å². The van der Waals surface area contributed by atoms with Crippen LogP contribution in [0, 0.1) is 29.6 Å². The Morgan fingerprint density at radius 3 is 1.62 bits per heavy atom. The fourth-order valence-corrected chi connectivity index (χ4v) is 1.67. The molecule has 0 nitrogen and oxygen atoms in total. The molecule has 0 aliphatic carbocycles. The van der Waals surface area contributed by atoms with Gasteiger partial charge in [-0.15, -0.1) is 0 Å². The van der Waals surface area contributed by atoms with Gasteiger partial charge in [0.1, 0.15) is 0 Å². The summed E-state index contributed by atoms with van der Waals surface area (Å²) in [4.78, 5) is 0. The van der Waals surface area contributed by atoms with Gasteiger partial charge < -0.3 is 0 Å². The molecule has 0 aliphatic heterocycles. The molecule has 2 atom stereocenters. The van der Waals surface area contributed by atoms with E-state index in [-0.39, 0.29) is 0 Å². The molecule has 1 radical (unpaired) electrons. The molecule has 0 aliphatic rings. The molecule has 0 saturated heterocycles. The van der Waals surface area contributed by atoms with Crippen LogP contribution in [-0.4, -0.2) is 0 Å². The molecule has 0 aromatic heterocycles. The van der Waals surface area contributed by atoms with E-state index in [1.807, 2.05) is 0 Å². The van der Waals surface area contributed by atoms with Crippen molar-refractivity contribution in [1.29, 1.82) is 0 Å².